The van der Waals surface area contributed by atoms with E-state index in [1.807, 2.05) is 19.9 Å². The number of nitriles is 1. The molecule has 0 radical (unpaired) electrons. The van der Waals surface area contributed by atoms with Crippen molar-refractivity contribution >= 4 is 5.82 Å². The lowest BCUT2D eigenvalue weighted by Gasteiger charge is -1.95. The van der Waals surface area contributed by atoms with Gasteiger partial charge in [-0.05, 0) is 0 Å². The van der Waals surface area contributed by atoms with E-state index < -0.39 is 0 Å². The van der Waals surface area contributed by atoms with Crippen LogP contribution in [-0.2, 0) is 0 Å². The molecule has 1 rings (SSSR count). The highest BCUT2D eigenvalue weighted by Crippen LogP contribution is 2.22. The van der Waals surface area contributed by atoms with E-state index in [4.69, 9.17) is 15.5 Å². The molecule has 0 amide bonds. The van der Waals surface area contributed by atoms with Crippen LogP contribution in [0, 0.1) is 11.3 Å². The third kappa shape index (κ3) is 1.54. The predicted molar refractivity (Wildman–Crippen MR) is 44.7 cm³/mol. The quantitative estimate of drug-likeness (QED) is 0.658. The molecule has 0 aliphatic rings. The molecule has 5 nitrogen and oxygen atoms in total. The SMILES string of the molecule is CC(C)c1onc(N)c1C#N.N. The van der Waals surface area contributed by atoms with Crippen LogP contribution in [-0.4, -0.2) is 5.16 Å². The van der Waals surface area contributed by atoms with Crippen molar-refractivity contribution in [2.45, 2.75) is 19.8 Å². The summed E-state index contributed by atoms with van der Waals surface area (Å²) in [5, 5.41) is 12.1. The van der Waals surface area contributed by atoms with Crippen molar-refractivity contribution in [3.63, 3.8) is 0 Å². The van der Waals surface area contributed by atoms with E-state index >= 15 is 0 Å². The van der Waals surface area contributed by atoms with E-state index in [1.165, 1.54) is 0 Å². The van der Waals surface area contributed by atoms with Crippen LogP contribution < -0.4 is 11.9 Å². The van der Waals surface area contributed by atoms with Gasteiger partial charge in [0.05, 0.1) is 0 Å². The number of nitrogens with zero attached hydrogens (tertiary/aromatic N) is 2. The van der Waals surface area contributed by atoms with E-state index in [0.717, 1.165) is 0 Å². The molecule has 1 heterocycles. The van der Waals surface area contributed by atoms with Gasteiger partial charge in [0.15, 0.2) is 11.6 Å². The number of nitrogens with two attached hydrogens (primary N) is 1. The van der Waals surface area contributed by atoms with E-state index in [9.17, 15) is 0 Å². The molecule has 0 atom stereocenters. The Bertz CT molecular complexity index is 297. The Hall–Kier alpha value is -1.54. The van der Waals surface area contributed by atoms with Crippen LogP contribution in [0.25, 0.3) is 0 Å². The number of hydrogen-bond donors (Lipinski definition) is 2. The van der Waals surface area contributed by atoms with E-state index in [-0.39, 0.29) is 17.9 Å². The zero-order valence-corrected chi connectivity index (χ0v) is 7.16. The molecule has 5 heteroatoms. The average Bonchev–Trinajstić information content (AvgIpc) is 2.30. The van der Waals surface area contributed by atoms with Gasteiger partial charge in [-0.25, -0.2) is 0 Å². The van der Waals surface area contributed by atoms with Crippen LogP contribution >= 0.6 is 0 Å². The van der Waals surface area contributed by atoms with Crippen LogP contribution in [0.3, 0.4) is 0 Å². The Morgan fingerprint density at radius 3 is 2.50 bits per heavy atom. The third-order valence-corrected chi connectivity index (χ3v) is 1.38. The van der Waals surface area contributed by atoms with Crippen molar-refractivity contribution in [2.24, 2.45) is 0 Å². The molecule has 0 spiro atoms. The van der Waals surface area contributed by atoms with Crippen molar-refractivity contribution in [3.05, 3.63) is 11.3 Å². The normalized spacial score (nSPS) is 9.17. The number of hydrogen-bond acceptors (Lipinski definition) is 5. The minimum atomic E-state index is 0. The lowest BCUT2D eigenvalue weighted by Crippen LogP contribution is -1.91. The van der Waals surface area contributed by atoms with Crippen molar-refractivity contribution in [1.29, 1.82) is 5.26 Å². The molecule has 0 saturated heterocycles. The van der Waals surface area contributed by atoms with E-state index in [1.54, 1.807) is 0 Å². The maximum Gasteiger partial charge on any atom is 0.185 e. The molecule has 0 bridgehead atoms. The molecule has 0 unspecified atom stereocenters. The molecular weight excluding hydrogens is 156 g/mol. The van der Waals surface area contributed by atoms with Gasteiger partial charge in [-0.1, -0.05) is 19.0 Å². The average molecular weight is 168 g/mol. The Kier molecular flexibility index (Phi) is 3.26. The van der Waals surface area contributed by atoms with Crippen LogP contribution in [0.2, 0.25) is 0 Å². The summed E-state index contributed by atoms with van der Waals surface area (Å²) in [5.41, 5.74) is 5.72. The monoisotopic (exact) mass is 168 g/mol. The first kappa shape index (κ1) is 10.5. The van der Waals surface area contributed by atoms with E-state index in [0.29, 0.717) is 11.3 Å². The van der Waals surface area contributed by atoms with Crippen LogP contribution in [0.1, 0.15) is 31.1 Å². The number of anilines is 1. The first-order valence-electron chi connectivity index (χ1n) is 3.32. The van der Waals surface area contributed by atoms with Gasteiger partial charge in [0.25, 0.3) is 0 Å². The zero-order valence-electron chi connectivity index (χ0n) is 7.16. The smallest absolute Gasteiger partial charge is 0.185 e. The molecule has 0 fully saturated rings. The zero-order chi connectivity index (χ0) is 8.43. The maximum absolute atomic E-state index is 8.61. The van der Waals surface area contributed by atoms with Gasteiger partial charge in [0.1, 0.15) is 11.6 Å². The summed E-state index contributed by atoms with van der Waals surface area (Å²) in [6, 6.07) is 1.94. The Morgan fingerprint density at radius 2 is 2.17 bits per heavy atom. The molecule has 0 aliphatic carbocycles. The van der Waals surface area contributed by atoms with Gasteiger partial charge in [0, 0.05) is 5.92 Å². The van der Waals surface area contributed by atoms with Gasteiger partial charge in [-0.15, -0.1) is 0 Å². The van der Waals surface area contributed by atoms with Gasteiger partial charge < -0.3 is 16.4 Å². The Morgan fingerprint density at radius 1 is 1.58 bits per heavy atom. The predicted octanol–water partition coefficient (Wildman–Crippen LogP) is 1.41. The minimum Gasteiger partial charge on any atom is -0.380 e. The van der Waals surface area contributed by atoms with Gasteiger partial charge in [-0.2, -0.15) is 5.26 Å². The summed E-state index contributed by atoms with van der Waals surface area (Å²) < 4.78 is 4.85. The summed E-state index contributed by atoms with van der Waals surface area (Å²) >= 11 is 0. The number of aromatic nitrogens is 1. The molecular formula is C7H12N4O. The first-order valence-corrected chi connectivity index (χ1v) is 3.32. The molecule has 0 aromatic carbocycles. The highest BCUT2D eigenvalue weighted by Gasteiger charge is 2.15. The highest BCUT2D eigenvalue weighted by molar-refractivity contribution is 5.50. The molecule has 5 N–H and O–H groups in total. The maximum atomic E-state index is 8.61. The molecule has 1 aromatic rings. The lowest BCUT2D eigenvalue weighted by molar-refractivity contribution is 0.373. The molecule has 66 valence electrons. The standard InChI is InChI=1S/C7H9N3O.H3N/c1-4(2)6-5(3-8)7(9)10-11-6;/h4H,1-2H3,(H2,9,10);1H3. The molecule has 0 saturated carbocycles. The number of nitrogen functional groups attached to an aromatic ring is 1. The van der Waals surface area contributed by atoms with Crippen LogP contribution in [0.5, 0.6) is 0 Å². The number of rotatable bonds is 1. The third-order valence-electron chi connectivity index (χ3n) is 1.38. The Labute approximate surface area is 70.7 Å². The molecule has 0 aliphatic heterocycles. The first-order chi connectivity index (χ1) is 5.16. The fraction of sp³-hybridized carbons (Fsp3) is 0.429. The summed E-state index contributed by atoms with van der Waals surface area (Å²) in [7, 11) is 0. The second-order valence-electron chi connectivity index (χ2n) is 2.57. The largest absolute Gasteiger partial charge is 0.380 e. The van der Waals surface area contributed by atoms with Crippen molar-refractivity contribution in [3.8, 4) is 6.07 Å². The summed E-state index contributed by atoms with van der Waals surface area (Å²) in [5.74, 6) is 0.885. The van der Waals surface area contributed by atoms with Crippen LogP contribution in [0.15, 0.2) is 4.52 Å². The van der Waals surface area contributed by atoms with Crippen molar-refractivity contribution in [1.82, 2.24) is 11.3 Å². The molecule has 12 heavy (non-hydrogen) atoms. The van der Waals surface area contributed by atoms with Gasteiger partial charge >= 0.3 is 0 Å². The fourth-order valence-electron chi connectivity index (χ4n) is 0.822. The second kappa shape index (κ2) is 3.74. The van der Waals surface area contributed by atoms with E-state index in [2.05, 4.69) is 5.16 Å². The van der Waals surface area contributed by atoms with Gasteiger partial charge in [-0.3, -0.25) is 0 Å². The fourth-order valence-corrected chi connectivity index (χ4v) is 0.822. The van der Waals surface area contributed by atoms with Crippen molar-refractivity contribution in [2.75, 3.05) is 5.73 Å². The van der Waals surface area contributed by atoms with Gasteiger partial charge in [0.2, 0.25) is 0 Å². The minimum absolute atomic E-state index is 0. The van der Waals surface area contributed by atoms with Crippen LogP contribution in [0.4, 0.5) is 5.82 Å². The second-order valence-corrected chi connectivity index (χ2v) is 2.57. The summed E-state index contributed by atoms with van der Waals surface area (Å²) in [6.07, 6.45) is 0. The lowest BCUT2D eigenvalue weighted by atomic mass is 10.1. The topological polar surface area (TPSA) is 111 Å². The summed E-state index contributed by atoms with van der Waals surface area (Å²) in [6.45, 7) is 3.83. The molecule has 1 aromatic heterocycles. The highest BCUT2D eigenvalue weighted by atomic mass is 16.5. The van der Waals surface area contributed by atoms with Crippen molar-refractivity contribution < 1.29 is 4.52 Å². The summed E-state index contributed by atoms with van der Waals surface area (Å²) in [4.78, 5) is 0. The Balaban J connectivity index is 0.00000121.